The van der Waals surface area contributed by atoms with Crippen LogP contribution in [0.4, 0.5) is 5.69 Å². The smallest absolute Gasteiger partial charge is 0.287 e. The molecular formula is C10H14NO6PS. The van der Waals surface area contributed by atoms with Crippen LogP contribution in [0.1, 0.15) is 13.8 Å². The molecule has 9 heteroatoms. The molecule has 1 aromatic carbocycles. The van der Waals surface area contributed by atoms with Gasteiger partial charge in [0.15, 0.2) is 0 Å². The fourth-order valence-electron chi connectivity index (χ4n) is 1.11. The second-order valence-electron chi connectivity index (χ2n) is 3.19. The molecule has 0 atom stereocenters. The molecule has 106 valence electrons. The van der Waals surface area contributed by atoms with Crippen LogP contribution in [0.2, 0.25) is 0 Å². The van der Waals surface area contributed by atoms with Gasteiger partial charge in [-0.05, 0) is 26.0 Å². The minimum atomic E-state index is -3.59. The summed E-state index contributed by atoms with van der Waals surface area (Å²) in [4.78, 5) is 10.5. The molecule has 19 heavy (non-hydrogen) atoms. The Balaban J connectivity index is 2.64. The third kappa shape index (κ3) is 5.30. The van der Waals surface area contributed by atoms with Crippen molar-refractivity contribution in [1.29, 1.82) is 0 Å². The van der Waals surface area contributed by atoms with Crippen LogP contribution in [-0.4, -0.2) is 18.1 Å². The summed E-state index contributed by atoms with van der Waals surface area (Å²) in [5.74, 6) is 0. The first-order valence-electron chi connectivity index (χ1n) is 5.50. The highest BCUT2D eigenvalue weighted by Crippen LogP contribution is 2.53. The molecule has 1 aromatic rings. The van der Waals surface area contributed by atoms with Gasteiger partial charge >= 0.3 is 7.82 Å². The maximum atomic E-state index is 12.0. The minimum Gasteiger partial charge on any atom is -0.287 e. The molecule has 1 rings (SSSR count). The van der Waals surface area contributed by atoms with Gasteiger partial charge in [-0.1, -0.05) is 0 Å². The Morgan fingerprint density at radius 2 is 1.74 bits per heavy atom. The van der Waals surface area contributed by atoms with E-state index >= 15 is 0 Å². The van der Waals surface area contributed by atoms with Crippen molar-refractivity contribution in [2.24, 2.45) is 0 Å². The minimum absolute atomic E-state index is 0.0258. The topological polar surface area (TPSA) is 87.9 Å². The second kappa shape index (κ2) is 7.62. The lowest BCUT2D eigenvalue weighted by molar-refractivity contribution is -0.384. The average Bonchev–Trinajstić information content (AvgIpc) is 2.37. The molecule has 0 amide bonds. The number of phosphoric acid groups is 1. The van der Waals surface area contributed by atoms with Crippen molar-refractivity contribution in [3.8, 4) is 0 Å². The molecule has 0 aromatic heterocycles. The van der Waals surface area contributed by atoms with Crippen molar-refractivity contribution >= 4 is 25.6 Å². The van der Waals surface area contributed by atoms with Crippen molar-refractivity contribution in [3.05, 3.63) is 34.4 Å². The van der Waals surface area contributed by atoms with Crippen molar-refractivity contribution in [3.63, 3.8) is 0 Å². The van der Waals surface area contributed by atoms with Crippen LogP contribution in [0, 0.1) is 10.1 Å². The summed E-state index contributed by atoms with van der Waals surface area (Å²) >= 11 is 0.792. The van der Waals surface area contributed by atoms with Crippen molar-refractivity contribution in [2.45, 2.75) is 18.7 Å². The van der Waals surface area contributed by atoms with Crippen LogP contribution in [0.15, 0.2) is 29.2 Å². The molecule has 0 radical (unpaired) electrons. The van der Waals surface area contributed by atoms with E-state index in [9.17, 15) is 14.7 Å². The average molecular weight is 307 g/mol. The highest BCUT2D eigenvalue weighted by Gasteiger charge is 2.26. The number of nitro benzene ring substituents is 1. The molecule has 0 bridgehead atoms. The van der Waals surface area contributed by atoms with Crippen LogP contribution in [0.5, 0.6) is 0 Å². The van der Waals surface area contributed by atoms with E-state index in [-0.39, 0.29) is 18.9 Å². The zero-order chi connectivity index (χ0) is 14.3. The Morgan fingerprint density at radius 3 is 2.16 bits per heavy atom. The summed E-state index contributed by atoms with van der Waals surface area (Å²) in [6, 6.07) is 5.64. The Labute approximate surface area is 115 Å². The highest BCUT2D eigenvalue weighted by molar-refractivity contribution is 7.98. The molecule has 0 heterocycles. The second-order valence-corrected chi connectivity index (χ2v) is 5.84. The Morgan fingerprint density at radius 1 is 1.21 bits per heavy atom. The Bertz CT molecular complexity index is 456. The van der Waals surface area contributed by atoms with E-state index in [0.29, 0.717) is 4.90 Å². The van der Waals surface area contributed by atoms with E-state index in [1.165, 1.54) is 24.3 Å². The fraction of sp³-hybridized carbons (Fsp3) is 0.400. The van der Waals surface area contributed by atoms with E-state index in [4.69, 9.17) is 13.0 Å². The highest BCUT2D eigenvalue weighted by atomic mass is 32.2. The molecule has 0 saturated carbocycles. The summed E-state index contributed by atoms with van der Waals surface area (Å²) in [5, 5.41) is 10.5. The van der Waals surface area contributed by atoms with Gasteiger partial charge in [-0.25, -0.2) is 8.54 Å². The maximum Gasteiger partial charge on any atom is 0.486 e. The van der Waals surface area contributed by atoms with Crippen LogP contribution < -0.4 is 0 Å². The van der Waals surface area contributed by atoms with E-state index < -0.39 is 12.7 Å². The first-order valence-corrected chi connectivity index (χ1v) is 7.70. The fourth-order valence-corrected chi connectivity index (χ4v) is 3.12. The molecular weight excluding hydrogens is 293 g/mol. The van der Waals surface area contributed by atoms with Gasteiger partial charge in [0.1, 0.15) is 0 Å². The van der Waals surface area contributed by atoms with Gasteiger partial charge in [-0.3, -0.25) is 19.2 Å². The third-order valence-corrected chi connectivity index (χ3v) is 4.49. The van der Waals surface area contributed by atoms with E-state index in [0.717, 1.165) is 12.0 Å². The van der Waals surface area contributed by atoms with E-state index in [1.54, 1.807) is 13.8 Å². The van der Waals surface area contributed by atoms with Gasteiger partial charge in [-0.2, -0.15) is 0 Å². The summed E-state index contributed by atoms with van der Waals surface area (Å²) in [6.45, 7) is 3.73. The lowest BCUT2D eigenvalue weighted by Gasteiger charge is -2.14. The molecule has 0 fully saturated rings. The number of nitro groups is 1. The van der Waals surface area contributed by atoms with E-state index in [1.807, 2.05) is 0 Å². The molecule has 0 aliphatic carbocycles. The first kappa shape index (κ1) is 16.1. The van der Waals surface area contributed by atoms with Crippen LogP contribution in [0.3, 0.4) is 0 Å². The van der Waals surface area contributed by atoms with Crippen LogP contribution in [-0.2, 0) is 17.6 Å². The Hall–Kier alpha value is -0.920. The van der Waals surface area contributed by atoms with Gasteiger partial charge in [0.25, 0.3) is 5.69 Å². The van der Waals surface area contributed by atoms with Crippen LogP contribution in [0.25, 0.3) is 0 Å². The van der Waals surface area contributed by atoms with Crippen molar-refractivity contribution in [2.75, 3.05) is 13.2 Å². The molecule has 0 N–H and O–H groups in total. The van der Waals surface area contributed by atoms with Crippen molar-refractivity contribution < 1.29 is 22.5 Å². The molecule has 0 aliphatic heterocycles. The number of hydrogen-bond acceptors (Lipinski definition) is 7. The molecule has 0 saturated heterocycles. The molecule has 0 aliphatic rings. The number of benzene rings is 1. The number of hydrogen-bond donors (Lipinski definition) is 0. The Kier molecular flexibility index (Phi) is 6.47. The predicted octanol–water partition coefficient (Wildman–Crippen LogP) is 3.80. The lowest BCUT2D eigenvalue weighted by Crippen LogP contribution is -1.96. The SMILES string of the molecule is CCOP(=O)(OCC)OSc1ccc([N+](=O)[O-])cc1. The number of non-ortho nitro benzene ring substituents is 1. The number of rotatable bonds is 8. The van der Waals surface area contributed by atoms with Crippen molar-refractivity contribution in [1.82, 2.24) is 0 Å². The van der Waals surface area contributed by atoms with Gasteiger partial charge in [0.05, 0.1) is 18.1 Å². The summed E-state index contributed by atoms with van der Waals surface area (Å²) < 4.78 is 26.9. The summed E-state index contributed by atoms with van der Waals surface area (Å²) in [6.07, 6.45) is 0. The van der Waals surface area contributed by atoms with E-state index in [2.05, 4.69) is 0 Å². The summed E-state index contributed by atoms with van der Waals surface area (Å²) in [5.41, 5.74) is -0.0258. The third-order valence-electron chi connectivity index (χ3n) is 1.85. The predicted molar refractivity (Wildman–Crippen MR) is 70.9 cm³/mol. The van der Waals surface area contributed by atoms with Crippen LogP contribution >= 0.6 is 19.9 Å². The number of phosphoric ester groups is 1. The molecule has 0 unspecified atom stereocenters. The lowest BCUT2D eigenvalue weighted by atomic mass is 10.3. The summed E-state index contributed by atoms with van der Waals surface area (Å²) in [7, 11) is -3.59. The normalized spacial score (nSPS) is 11.5. The zero-order valence-corrected chi connectivity index (χ0v) is 12.2. The van der Waals surface area contributed by atoms with Gasteiger partial charge in [0, 0.05) is 29.1 Å². The number of nitrogens with zero attached hydrogens (tertiary/aromatic N) is 1. The first-order chi connectivity index (χ1) is 9.00. The monoisotopic (exact) mass is 307 g/mol. The standard InChI is InChI=1S/C10H14NO6PS/c1-3-15-18(14,16-4-2)17-19-10-7-5-9(6-8-10)11(12)13/h5-8H,3-4H2,1-2H3. The molecule has 0 spiro atoms. The quantitative estimate of drug-likeness (QED) is 0.312. The molecule has 7 nitrogen and oxygen atoms in total. The maximum absolute atomic E-state index is 12.0. The van der Waals surface area contributed by atoms with Gasteiger partial charge in [0.2, 0.25) is 0 Å². The van der Waals surface area contributed by atoms with Gasteiger partial charge < -0.3 is 0 Å². The largest absolute Gasteiger partial charge is 0.486 e. The van der Waals surface area contributed by atoms with Gasteiger partial charge in [-0.15, -0.1) is 0 Å². The zero-order valence-electron chi connectivity index (χ0n) is 10.5.